The standard InChI is InChI=1S/C13H15FN4/c1-9-7-13(18(5-3-15)6-4-16)11(10(2)17)8-12(9)14/h7-8,10H,5-6,17H2,1-2H3/t10-/m0/s1. The zero-order chi connectivity index (χ0) is 13.7. The van der Waals surface area contributed by atoms with Gasteiger partial charge in [0.15, 0.2) is 0 Å². The molecule has 0 saturated carbocycles. The third-order valence-electron chi connectivity index (χ3n) is 2.66. The molecule has 0 aliphatic carbocycles. The van der Waals surface area contributed by atoms with Gasteiger partial charge in [0.25, 0.3) is 0 Å². The SMILES string of the molecule is Cc1cc(N(CC#N)CC#N)c([C@H](C)N)cc1F. The first-order chi connectivity index (χ1) is 8.51. The Balaban J connectivity index is 3.32. The van der Waals surface area contributed by atoms with Crippen molar-refractivity contribution in [3.8, 4) is 12.1 Å². The number of nitriles is 2. The molecule has 0 spiro atoms. The van der Waals surface area contributed by atoms with Crippen LogP contribution < -0.4 is 10.6 Å². The van der Waals surface area contributed by atoms with Gasteiger partial charge in [0.1, 0.15) is 18.9 Å². The molecule has 1 aromatic rings. The van der Waals surface area contributed by atoms with E-state index in [0.717, 1.165) is 0 Å². The molecule has 4 nitrogen and oxygen atoms in total. The van der Waals surface area contributed by atoms with Gasteiger partial charge in [-0.2, -0.15) is 10.5 Å². The Morgan fingerprint density at radius 3 is 2.33 bits per heavy atom. The number of anilines is 1. The Kier molecular flexibility index (Phi) is 4.65. The minimum atomic E-state index is -0.366. The van der Waals surface area contributed by atoms with Gasteiger partial charge in [-0.15, -0.1) is 0 Å². The average Bonchev–Trinajstić information content (AvgIpc) is 2.31. The van der Waals surface area contributed by atoms with Crippen LogP contribution in [-0.2, 0) is 0 Å². The van der Waals surface area contributed by atoms with Crippen molar-refractivity contribution in [1.29, 1.82) is 10.5 Å². The first-order valence-corrected chi connectivity index (χ1v) is 5.55. The van der Waals surface area contributed by atoms with E-state index in [1.54, 1.807) is 24.8 Å². The van der Waals surface area contributed by atoms with E-state index in [-0.39, 0.29) is 24.9 Å². The number of benzene rings is 1. The third-order valence-corrected chi connectivity index (χ3v) is 2.66. The molecule has 0 saturated heterocycles. The molecule has 2 N–H and O–H groups in total. The number of hydrogen-bond donors (Lipinski definition) is 1. The van der Waals surface area contributed by atoms with Crippen LogP contribution in [0.25, 0.3) is 0 Å². The monoisotopic (exact) mass is 246 g/mol. The van der Waals surface area contributed by atoms with Crippen LogP contribution in [0.15, 0.2) is 12.1 Å². The van der Waals surface area contributed by atoms with Crippen LogP contribution in [-0.4, -0.2) is 13.1 Å². The van der Waals surface area contributed by atoms with Gasteiger partial charge >= 0.3 is 0 Å². The molecule has 1 aromatic carbocycles. The Bertz CT molecular complexity index is 495. The lowest BCUT2D eigenvalue weighted by molar-refractivity contribution is 0.612. The van der Waals surface area contributed by atoms with Gasteiger partial charge in [0.05, 0.1) is 12.1 Å². The molecule has 0 bridgehead atoms. The van der Waals surface area contributed by atoms with Gasteiger partial charge in [0, 0.05) is 11.7 Å². The quantitative estimate of drug-likeness (QED) is 0.824. The van der Waals surface area contributed by atoms with Gasteiger partial charge in [-0.1, -0.05) is 0 Å². The minimum Gasteiger partial charge on any atom is -0.345 e. The highest BCUT2D eigenvalue weighted by Gasteiger charge is 2.16. The lowest BCUT2D eigenvalue weighted by Gasteiger charge is -2.24. The van der Waals surface area contributed by atoms with Gasteiger partial charge < -0.3 is 10.6 Å². The summed E-state index contributed by atoms with van der Waals surface area (Å²) in [5, 5.41) is 17.5. The Morgan fingerprint density at radius 2 is 1.89 bits per heavy atom. The fourth-order valence-electron chi connectivity index (χ4n) is 1.72. The molecule has 0 aliphatic rings. The number of nitrogens with zero attached hydrogens (tertiary/aromatic N) is 3. The lowest BCUT2D eigenvalue weighted by atomic mass is 10.0. The first-order valence-electron chi connectivity index (χ1n) is 5.55. The molecule has 0 aliphatic heterocycles. The maximum absolute atomic E-state index is 13.6. The summed E-state index contributed by atoms with van der Waals surface area (Å²) in [6, 6.07) is 6.62. The van der Waals surface area contributed by atoms with E-state index in [2.05, 4.69) is 0 Å². The third kappa shape index (κ3) is 2.97. The van der Waals surface area contributed by atoms with E-state index in [0.29, 0.717) is 16.8 Å². The topological polar surface area (TPSA) is 76.8 Å². The number of aryl methyl sites for hydroxylation is 1. The lowest BCUT2D eigenvalue weighted by Crippen LogP contribution is -2.26. The molecule has 18 heavy (non-hydrogen) atoms. The molecular formula is C13H15FN4. The largest absolute Gasteiger partial charge is 0.345 e. The zero-order valence-corrected chi connectivity index (χ0v) is 10.4. The fraction of sp³-hybridized carbons (Fsp3) is 0.385. The molecule has 1 rings (SSSR count). The second kappa shape index (κ2) is 6.00. The van der Waals surface area contributed by atoms with E-state index in [1.807, 2.05) is 12.1 Å². The van der Waals surface area contributed by atoms with Crippen LogP contribution in [0.1, 0.15) is 24.1 Å². The number of rotatable bonds is 4. The van der Waals surface area contributed by atoms with Gasteiger partial charge in [0.2, 0.25) is 0 Å². The number of halogens is 1. The highest BCUT2D eigenvalue weighted by Crippen LogP contribution is 2.28. The van der Waals surface area contributed by atoms with Gasteiger partial charge in [-0.25, -0.2) is 4.39 Å². The zero-order valence-electron chi connectivity index (χ0n) is 10.4. The summed E-state index contributed by atoms with van der Waals surface area (Å²) in [5.74, 6) is -0.333. The van der Waals surface area contributed by atoms with Crippen molar-refractivity contribution in [2.45, 2.75) is 19.9 Å². The van der Waals surface area contributed by atoms with E-state index in [1.165, 1.54) is 6.07 Å². The summed E-state index contributed by atoms with van der Waals surface area (Å²) >= 11 is 0. The number of nitrogens with two attached hydrogens (primary N) is 1. The van der Waals surface area contributed by atoms with Crippen molar-refractivity contribution in [3.05, 3.63) is 29.1 Å². The van der Waals surface area contributed by atoms with Crippen molar-refractivity contribution in [3.63, 3.8) is 0 Å². The highest BCUT2D eigenvalue weighted by atomic mass is 19.1. The normalized spacial score (nSPS) is 11.4. The maximum atomic E-state index is 13.6. The molecule has 0 fully saturated rings. The summed E-state index contributed by atoms with van der Waals surface area (Å²) in [7, 11) is 0. The second-order valence-electron chi connectivity index (χ2n) is 4.12. The summed E-state index contributed by atoms with van der Waals surface area (Å²) in [6.07, 6.45) is 0. The Labute approximate surface area is 106 Å². The van der Waals surface area contributed by atoms with Gasteiger partial charge in [-0.05, 0) is 37.1 Å². The minimum absolute atomic E-state index is 0.0678. The molecule has 0 radical (unpaired) electrons. The van der Waals surface area contributed by atoms with E-state index < -0.39 is 0 Å². The molecule has 0 amide bonds. The van der Waals surface area contributed by atoms with Crippen molar-refractivity contribution in [2.75, 3.05) is 18.0 Å². The summed E-state index contributed by atoms with van der Waals surface area (Å²) in [4.78, 5) is 1.59. The van der Waals surface area contributed by atoms with Crippen molar-refractivity contribution in [1.82, 2.24) is 0 Å². The molecule has 1 atom stereocenters. The van der Waals surface area contributed by atoms with Crippen LogP contribution >= 0.6 is 0 Å². The van der Waals surface area contributed by atoms with Crippen molar-refractivity contribution < 1.29 is 4.39 Å². The molecule has 94 valence electrons. The molecule has 0 unspecified atom stereocenters. The first kappa shape index (κ1) is 14.0. The van der Waals surface area contributed by atoms with Gasteiger partial charge in [-0.3, -0.25) is 0 Å². The van der Waals surface area contributed by atoms with E-state index in [9.17, 15) is 4.39 Å². The number of hydrogen-bond acceptors (Lipinski definition) is 4. The van der Waals surface area contributed by atoms with Crippen LogP contribution in [0.4, 0.5) is 10.1 Å². The van der Waals surface area contributed by atoms with Crippen molar-refractivity contribution in [2.24, 2.45) is 5.73 Å². The summed E-state index contributed by atoms with van der Waals surface area (Å²) < 4.78 is 13.6. The molecular weight excluding hydrogens is 231 g/mol. The van der Waals surface area contributed by atoms with Crippen LogP contribution in [0.5, 0.6) is 0 Å². The van der Waals surface area contributed by atoms with Crippen LogP contribution in [0.3, 0.4) is 0 Å². The van der Waals surface area contributed by atoms with Crippen molar-refractivity contribution >= 4 is 5.69 Å². The highest BCUT2D eigenvalue weighted by molar-refractivity contribution is 5.58. The second-order valence-corrected chi connectivity index (χ2v) is 4.12. The maximum Gasteiger partial charge on any atom is 0.126 e. The van der Waals surface area contributed by atoms with E-state index in [4.69, 9.17) is 16.3 Å². The smallest absolute Gasteiger partial charge is 0.126 e. The fourth-order valence-corrected chi connectivity index (χ4v) is 1.72. The average molecular weight is 246 g/mol. The van der Waals surface area contributed by atoms with E-state index >= 15 is 0 Å². The summed E-state index contributed by atoms with van der Waals surface area (Å²) in [5.41, 5.74) is 7.52. The molecule has 5 heteroatoms. The molecule has 0 heterocycles. The van der Waals surface area contributed by atoms with Crippen LogP contribution in [0.2, 0.25) is 0 Å². The Morgan fingerprint density at radius 1 is 1.33 bits per heavy atom. The molecule has 0 aromatic heterocycles. The predicted molar refractivity (Wildman–Crippen MR) is 67.2 cm³/mol. The van der Waals surface area contributed by atoms with Crippen LogP contribution in [0, 0.1) is 35.4 Å². The summed E-state index contributed by atoms with van der Waals surface area (Å²) in [6.45, 7) is 3.52. The predicted octanol–water partition coefficient (Wildman–Crippen LogP) is 2.01. The Hall–Kier alpha value is -2.11.